The summed E-state index contributed by atoms with van der Waals surface area (Å²) in [6.45, 7) is 4.01. The number of halogens is 1. The van der Waals surface area contributed by atoms with Crippen molar-refractivity contribution < 1.29 is 4.79 Å². The summed E-state index contributed by atoms with van der Waals surface area (Å²) in [5, 5.41) is 0. The maximum absolute atomic E-state index is 12.3. The van der Waals surface area contributed by atoms with Crippen LogP contribution in [-0.2, 0) is 0 Å². The molecule has 0 spiro atoms. The van der Waals surface area contributed by atoms with Gasteiger partial charge >= 0.3 is 0 Å². The highest BCUT2D eigenvalue weighted by atomic mass is 79.9. The molecule has 16 heavy (non-hydrogen) atoms. The lowest BCUT2D eigenvalue weighted by molar-refractivity contribution is 0.103. The van der Waals surface area contributed by atoms with Gasteiger partial charge in [0.2, 0.25) is 0 Å². The Bertz CT molecular complexity index is 543. The number of carbonyl (C=O) groups excluding carboxylic acids is 1. The van der Waals surface area contributed by atoms with Crippen molar-refractivity contribution in [3.63, 3.8) is 0 Å². The molecule has 1 nitrogen and oxygen atoms in total. The van der Waals surface area contributed by atoms with E-state index in [2.05, 4.69) is 15.9 Å². The molecule has 0 fully saturated rings. The van der Waals surface area contributed by atoms with Crippen LogP contribution >= 0.6 is 27.3 Å². The molecule has 2 aromatic rings. The Morgan fingerprint density at radius 2 is 1.88 bits per heavy atom. The first-order valence-electron chi connectivity index (χ1n) is 4.96. The van der Waals surface area contributed by atoms with Gasteiger partial charge in [-0.05, 0) is 32.0 Å². The highest BCUT2D eigenvalue weighted by Gasteiger charge is 2.15. The third-order valence-electron chi connectivity index (χ3n) is 2.40. The molecular formula is C13H11BrOS. The van der Waals surface area contributed by atoms with Crippen molar-refractivity contribution in [1.82, 2.24) is 0 Å². The molecule has 0 aliphatic heterocycles. The summed E-state index contributed by atoms with van der Waals surface area (Å²) < 4.78 is 0.850. The van der Waals surface area contributed by atoms with Crippen LogP contribution in [-0.4, -0.2) is 5.78 Å². The number of benzene rings is 1. The standard InChI is InChI=1S/C13H11BrOS/c1-8-7-11(9(2)16-8)13(15)10-5-3-4-6-12(10)14/h3-7H,1-2H3. The van der Waals surface area contributed by atoms with Crippen molar-refractivity contribution in [1.29, 1.82) is 0 Å². The van der Waals surface area contributed by atoms with Gasteiger partial charge in [0, 0.05) is 25.4 Å². The fraction of sp³-hybridized carbons (Fsp3) is 0.154. The van der Waals surface area contributed by atoms with E-state index in [1.54, 1.807) is 11.3 Å². The summed E-state index contributed by atoms with van der Waals surface area (Å²) in [4.78, 5) is 14.5. The quantitative estimate of drug-likeness (QED) is 0.752. The third kappa shape index (κ3) is 2.11. The number of thiophene rings is 1. The zero-order valence-electron chi connectivity index (χ0n) is 9.08. The summed E-state index contributed by atoms with van der Waals surface area (Å²) in [6, 6.07) is 9.49. The Balaban J connectivity index is 2.47. The maximum Gasteiger partial charge on any atom is 0.195 e. The Kier molecular flexibility index (Phi) is 3.26. The van der Waals surface area contributed by atoms with E-state index in [1.165, 1.54) is 4.88 Å². The SMILES string of the molecule is Cc1cc(C(=O)c2ccccc2Br)c(C)s1. The van der Waals surface area contributed by atoms with E-state index in [0.29, 0.717) is 0 Å². The van der Waals surface area contributed by atoms with Crippen molar-refractivity contribution in [3.8, 4) is 0 Å². The van der Waals surface area contributed by atoms with Crippen LogP contribution in [0.3, 0.4) is 0 Å². The lowest BCUT2D eigenvalue weighted by Crippen LogP contribution is -2.02. The molecule has 0 bridgehead atoms. The average molecular weight is 295 g/mol. The largest absolute Gasteiger partial charge is 0.289 e. The van der Waals surface area contributed by atoms with Crippen molar-refractivity contribution in [3.05, 3.63) is 55.7 Å². The van der Waals surface area contributed by atoms with Gasteiger partial charge in [0.1, 0.15) is 0 Å². The molecule has 0 saturated carbocycles. The lowest BCUT2D eigenvalue weighted by atomic mass is 10.0. The Hall–Kier alpha value is -0.930. The monoisotopic (exact) mass is 294 g/mol. The molecule has 0 unspecified atom stereocenters. The molecule has 1 aromatic heterocycles. The lowest BCUT2D eigenvalue weighted by Gasteiger charge is -2.02. The molecule has 1 heterocycles. The van der Waals surface area contributed by atoms with E-state index < -0.39 is 0 Å². The van der Waals surface area contributed by atoms with Crippen LogP contribution in [0, 0.1) is 13.8 Å². The second-order valence-corrected chi connectivity index (χ2v) is 5.95. The molecule has 0 N–H and O–H groups in total. The minimum Gasteiger partial charge on any atom is -0.289 e. The van der Waals surface area contributed by atoms with Crippen LogP contribution in [0.25, 0.3) is 0 Å². The second-order valence-electron chi connectivity index (χ2n) is 3.64. The topological polar surface area (TPSA) is 17.1 Å². The van der Waals surface area contributed by atoms with E-state index in [1.807, 2.05) is 44.2 Å². The summed E-state index contributed by atoms with van der Waals surface area (Å²) in [6.07, 6.45) is 0. The minimum atomic E-state index is 0.0920. The van der Waals surface area contributed by atoms with Crippen molar-refractivity contribution in [2.75, 3.05) is 0 Å². The molecule has 82 valence electrons. The molecule has 0 radical (unpaired) electrons. The van der Waals surface area contributed by atoms with Crippen LogP contribution < -0.4 is 0 Å². The van der Waals surface area contributed by atoms with Gasteiger partial charge in [-0.2, -0.15) is 0 Å². The molecule has 0 amide bonds. The molecule has 3 heteroatoms. The van der Waals surface area contributed by atoms with Crippen LogP contribution in [0.15, 0.2) is 34.8 Å². The molecule has 0 aliphatic rings. The Morgan fingerprint density at radius 1 is 1.19 bits per heavy atom. The number of rotatable bonds is 2. The first-order valence-corrected chi connectivity index (χ1v) is 6.57. The Labute approximate surface area is 107 Å². The molecule has 2 rings (SSSR count). The summed E-state index contributed by atoms with van der Waals surface area (Å²) in [5.74, 6) is 0.0920. The highest BCUT2D eigenvalue weighted by Crippen LogP contribution is 2.26. The van der Waals surface area contributed by atoms with E-state index in [4.69, 9.17) is 0 Å². The molecule has 0 saturated heterocycles. The number of ketones is 1. The predicted octanol–water partition coefficient (Wildman–Crippen LogP) is 4.36. The van der Waals surface area contributed by atoms with E-state index >= 15 is 0 Å². The average Bonchev–Trinajstić information content (AvgIpc) is 2.58. The van der Waals surface area contributed by atoms with Crippen molar-refractivity contribution in [2.24, 2.45) is 0 Å². The summed E-state index contributed by atoms with van der Waals surface area (Å²) in [5.41, 5.74) is 1.54. The summed E-state index contributed by atoms with van der Waals surface area (Å²) in [7, 11) is 0. The van der Waals surface area contributed by atoms with Crippen LogP contribution in [0.1, 0.15) is 25.7 Å². The second kappa shape index (κ2) is 4.52. The predicted molar refractivity (Wildman–Crippen MR) is 71.4 cm³/mol. The highest BCUT2D eigenvalue weighted by molar-refractivity contribution is 9.10. The van der Waals surface area contributed by atoms with Gasteiger partial charge in [0.25, 0.3) is 0 Å². The zero-order chi connectivity index (χ0) is 11.7. The van der Waals surface area contributed by atoms with Crippen LogP contribution in [0.4, 0.5) is 0 Å². The fourth-order valence-corrected chi connectivity index (χ4v) is 3.03. The van der Waals surface area contributed by atoms with Crippen LogP contribution in [0.2, 0.25) is 0 Å². The number of carbonyl (C=O) groups is 1. The van der Waals surface area contributed by atoms with E-state index in [-0.39, 0.29) is 5.78 Å². The first kappa shape index (κ1) is 11.6. The summed E-state index contributed by atoms with van der Waals surface area (Å²) >= 11 is 5.07. The Morgan fingerprint density at radius 3 is 2.44 bits per heavy atom. The molecule has 0 atom stereocenters. The molecular weight excluding hydrogens is 284 g/mol. The number of aryl methyl sites for hydroxylation is 2. The van der Waals surface area contributed by atoms with Gasteiger partial charge in [-0.15, -0.1) is 11.3 Å². The number of hydrogen-bond donors (Lipinski definition) is 0. The van der Waals surface area contributed by atoms with Crippen LogP contribution in [0.5, 0.6) is 0 Å². The van der Waals surface area contributed by atoms with Crippen molar-refractivity contribution in [2.45, 2.75) is 13.8 Å². The van der Waals surface area contributed by atoms with Gasteiger partial charge in [-0.3, -0.25) is 4.79 Å². The molecule has 1 aromatic carbocycles. The first-order chi connectivity index (χ1) is 7.59. The zero-order valence-corrected chi connectivity index (χ0v) is 11.5. The molecule has 0 aliphatic carbocycles. The van der Waals surface area contributed by atoms with Crippen molar-refractivity contribution >= 4 is 33.0 Å². The minimum absolute atomic E-state index is 0.0920. The maximum atomic E-state index is 12.3. The third-order valence-corrected chi connectivity index (χ3v) is 4.06. The van der Waals surface area contributed by atoms with E-state index in [0.717, 1.165) is 20.5 Å². The van der Waals surface area contributed by atoms with Gasteiger partial charge in [0.15, 0.2) is 5.78 Å². The smallest absolute Gasteiger partial charge is 0.195 e. The normalized spacial score (nSPS) is 10.4. The van der Waals surface area contributed by atoms with Gasteiger partial charge in [-0.25, -0.2) is 0 Å². The van der Waals surface area contributed by atoms with E-state index in [9.17, 15) is 4.79 Å². The van der Waals surface area contributed by atoms with Gasteiger partial charge in [0.05, 0.1) is 0 Å². The van der Waals surface area contributed by atoms with Gasteiger partial charge < -0.3 is 0 Å². The number of hydrogen-bond acceptors (Lipinski definition) is 2. The fourth-order valence-electron chi connectivity index (χ4n) is 1.65. The van der Waals surface area contributed by atoms with Gasteiger partial charge in [-0.1, -0.05) is 28.1 Å².